The Morgan fingerprint density at radius 3 is 1.90 bits per heavy atom. The van der Waals surface area contributed by atoms with Crippen molar-refractivity contribution in [3.05, 3.63) is 58.3 Å². The molecule has 21 heavy (non-hydrogen) atoms. The van der Waals surface area contributed by atoms with Gasteiger partial charge in [0, 0.05) is 6.42 Å². The van der Waals surface area contributed by atoms with E-state index in [0.717, 1.165) is 0 Å². The molecule has 2 rings (SSSR count). The van der Waals surface area contributed by atoms with Crippen LogP contribution in [0.15, 0.2) is 16.5 Å². The van der Waals surface area contributed by atoms with Gasteiger partial charge in [0.25, 0.3) is 0 Å². The van der Waals surface area contributed by atoms with Crippen LogP contribution in [-0.2, 0) is 6.42 Å². The zero-order valence-corrected chi connectivity index (χ0v) is 11.2. The Bertz CT molecular complexity index is 639. The summed E-state index contributed by atoms with van der Waals surface area (Å²) >= 11 is 0. The minimum absolute atomic E-state index is 0.0672. The zero-order chi connectivity index (χ0) is 15.7. The molecule has 1 atom stereocenters. The fourth-order valence-corrected chi connectivity index (χ4v) is 2.04. The van der Waals surface area contributed by atoms with Gasteiger partial charge >= 0.3 is 0 Å². The molecule has 0 radical (unpaired) electrons. The van der Waals surface area contributed by atoms with Crippen LogP contribution in [0.3, 0.4) is 0 Å². The van der Waals surface area contributed by atoms with Crippen LogP contribution in [0.25, 0.3) is 0 Å². The molecule has 1 N–H and O–H groups in total. The number of rotatable bonds is 4. The van der Waals surface area contributed by atoms with Crippen molar-refractivity contribution in [1.82, 2.24) is 5.32 Å². The van der Waals surface area contributed by atoms with Crippen molar-refractivity contribution >= 4 is 0 Å². The first kappa shape index (κ1) is 15.5. The highest BCUT2D eigenvalue weighted by atomic mass is 19.2. The monoisotopic (exact) mass is 305 g/mol. The van der Waals surface area contributed by atoms with E-state index in [-0.39, 0.29) is 5.76 Å². The topological polar surface area (TPSA) is 25.2 Å². The Morgan fingerprint density at radius 2 is 1.48 bits per heavy atom. The molecule has 2 nitrogen and oxygen atoms in total. The predicted molar refractivity (Wildman–Crippen MR) is 65.2 cm³/mol. The molecule has 0 amide bonds. The molecular formula is C14H12F5NO. The van der Waals surface area contributed by atoms with Crippen LogP contribution in [0.1, 0.15) is 30.0 Å². The van der Waals surface area contributed by atoms with Gasteiger partial charge in [0.05, 0.1) is 11.6 Å². The first-order valence-electron chi connectivity index (χ1n) is 6.19. The molecule has 0 bridgehead atoms. The summed E-state index contributed by atoms with van der Waals surface area (Å²) in [5.41, 5.74) is -0.967. The molecule has 0 aliphatic carbocycles. The highest BCUT2D eigenvalue weighted by molar-refractivity contribution is 5.32. The van der Waals surface area contributed by atoms with E-state index in [9.17, 15) is 22.0 Å². The van der Waals surface area contributed by atoms with Gasteiger partial charge in [-0.3, -0.25) is 0 Å². The number of benzene rings is 1. The molecule has 0 aliphatic heterocycles. The van der Waals surface area contributed by atoms with Crippen LogP contribution in [0.5, 0.6) is 0 Å². The van der Waals surface area contributed by atoms with Crippen LogP contribution in [0.4, 0.5) is 22.0 Å². The molecule has 0 aliphatic rings. The molecule has 2 aromatic rings. The molecule has 1 unspecified atom stereocenters. The maximum atomic E-state index is 13.8. The molecule has 0 saturated heterocycles. The number of halogens is 5. The highest BCUT2D eigenvalue weighted by Gasteiger charge is 2.31. The van der Waals surface area contributed by atoms with Crippen LogP contribution in [-0.4, -0.2) is 7.05 Å². The maximum absolute atomic E-state index is 13.8. The van der Waals surface area contributed by atoms with Crippen molar-refractivity contribution in [3.63, 3.8) is 0 Å². The molecule has 0 fully saturated rings. The van der Waals surface area contributed by atoms with Gasteiger partial charge < -0.3 is 9.73 Å². The average Bonchev–Trinajstić information content (AvgIpc) is 2.96. The van der Waals surface area contributed by atoms with E-state index in [1.165, 1.54) is 13.1 Å². The predicted octanol–water partition coefficient (Wildman–Crippen LogP) is 3.85. The Hall–Kier alpha value is -1.89. The summed E-state index contributed by atoms with van der Waals surface area (Å²) in [6, 6.07) is 1.72. The number of hydrogen-bond acceptors (Lipinski definition) is 2. The minimum Gasteiger partial charge on any atom is -0.464 e. The second kappa shape index (κ2) is 5.85. The highest BCUT2D eigenvalue weighted by Crippen LogP contribution is 2.32. The summed E-state index contributed by atoms with van der Waals surface area (Å²) in [6.07, 6.45) is 0.535. The van der Waals surface area contributed by atoms with Gasteiger partial charge in [-0.25, -0.2) is 22.0 Å². The molecule has 0 saturated carbocycles. The second-order valence-electron chi connectivity index (χ2n) is 4.36. The van der Waals surface area contributed by atoms with E-state index in [0.29, 0.717) is 12.2 Å². The summed E-state index contributed by atoms with van der Waals surface area (Å²) in [6.45, 7) is 1.80. The van der Waals surface area contributed by atoms with E-state index in [1.807, 2.05) is 0 Å². The van der Waals surface area contributed by atoms with E-state index < -0.39 is 40.7 Å². The van der Waals surface area contributed by atoms with Gasteiger partial charge in [-0.1, -0.05) is 6.92 Å². The van der Waals surface area contributed by atoms with Crippen molar-refractivity contribution in [2.24, 2.45) is 0 Å². The van der Waals surface area contributed by atoms with Crippen LogP contribution < -0.4 is 5.32 Å². The van der Waals surface area contributed by atoms with Crippen LogP contribution in [0.2, 0.25) is 0 Å². The first-order chi connectivity index (χ1) is 9.92. The fourth-order valence-electron chi connectivity index (χ4n) is 2.04. The molecule has 1 aromatic heterocycles. The summed E-state index contributed by atoms with van der Waals surface area (Å²) in [4.78, 5) is 0. The summed E-state index contributed by atoms with van der Waals surface area (Å²) < 4.78 is 72.5. The van der Waals surface area contributed by atoms with Crippen LogP contribution in [0, 0.1) is 29.1 Å². The number of hydrogen-bond donors (Lipinski definition) is 1. The molecule has 1 aromatic carbocycles. The van der Waals surface area contributed by atoms with E-state index in [4.69, 9.17) is 4.42 Å². The van der Waals surface area contributed by atoms with Gasteiger partial charge in [-0.15, -0.1) is 0 Å². The molecule has 7 heteroatoms. The normalized spacial score (nSPS) is 12.7. The maximum Gasteiger partial charge on any atom is 0.200 e. The molecule has 1 heterocycles. The average molecular weight is 305 g/mol. The van der Waals surface area contributed by atoms with Crippen molar-refractivity contribution in [2.75, 3.05) is 7.05 Å². The third kappa shape index (κ3) is 2.53. The molecule has 0 spiro atoms. The SMILES string of the molecule is CCc1ccc(C(NC)c2c(F)c(F)c(F)c(F)c2F)o1. The van der Waals surface area contributed by atoms with Crippen molar-refractivity contribution < 1.29 is 26.4 Å². The van der Waals surface area contributed by atoms with E-state index in [1.54, 1.807) is 13.0 Å². The summed E-state index contributed by atoms with van der Waals surface area (Å²) in [5.74, 6) is -9.29. The van der Waals surface area contributed by atoms with Gasteiger partial charge in [0.15, 0.2) is 23.3 Å². The standard InChI is InChI=1S/C14H12F5NO/c1-3-6-4-5-7(21-6)14(20-2)8-9(15)11(17)13(19)12(18)10(8)16/h4-5,14,20H,3H2,1-2H3. The molecule has 114 valence electrons. The van der Waals surface area contributed by atoms with Crippen molar-refractivity contribution in [1.29, 1.82) is 0 Å². The van der Waals surface area contributed by atoms with E-state index in [2.05, 4.69) is 5.32 Å². The van der Waals surface area contributed by atoms with Gasteiger partial charge in [0.1, 0.15) is 11.5 Å². The molecular weight excluding hydrogens is 293 g/mol. The van der Waals surface area contributed by atoms with E-state index >= 15 is 0 Å². The Labute approximate surface area is 117 Å². The van der Waals surface area contributed by atoms with Crippen molar-refractivity contribution in [2.45, 2.75) is 19.4 Å². The van der Waals surface area contributed by atoms with Gasteiger partial charge in [-0.2, -0.15) is 0 Å². The minimum atomic E-state index is -2.18. The second-order valence-corrected chi connectivity index (χ2v) is 4.36. The summed E-state index contributed by atoms with van der Waals surface area (Å²) in [7, 11) is 1.33. The lowest BCUT2D eigenvalue weighted by atomic mass is 10.0. The van der Waals surface area contributed by atoms with Crippen LogP contribution >= 0.6 is 0 Å². The van der Waals surface area contributed by atoms with Gasteiger partial charge in [0.2, 0.25) is 5.82 Å². The number of aryl methyl sites for hydroxylation is 1. The lowest BCUT2D eigenvalue weighted by molar-refractivity contribution is 0.353. The third-order valence-corrected chi connectivity index (χ3v) is 3.14. The Morgan fingerprint density at radius 1 is 0.952 bits per heavy atom. The quantitative estimate of drug-likeness (QED) is 0.527. The smallest absolute Gasteiger partial charge is 0.200 e. The number of furan rings is 1. The number of nitrogens with one attached hydrogen (secondary N) is 1. The third-order valence-electron chi connectivity index (χ3n) is 3.14. The van der Waals surface area contributed by atoms with Gasteiger partial charge in [-0.05, 0) is 19.2 Å². The Balaban J connectivity index is 2.62. The lowest BCUT2D eigenvalue weighted by Gasteiger charge is -2.17. The van der Waals surface area contributed by atoms with Crippen molar-refractivity contribution in [3.8, 4) is 0 Å². The largest absolute Gasteiger partial charge is 0.464 e. The summed E-state index contributed by atoms with van der Waals surface area (Å²) in [5, 5.41) is 2.50. The Kier molecular flexibility index (Phi) is 4.32. The fraction of sp³-hybridized carbons (Fsp3) is 0.286. The zero-order valence-electron chi connectivity index (χ0n) is 11.2. The lowest BCUT2D eigenvalue weighted by Crippen LogP contribution is -2.22. The first-order valence-corrected chi connectivity index (χ1v) is 6.19.